The Hall–Kier alpha value is -1.79. The molecule has 0 saturated heterocycles. The molecule has 0 aliphatic rings. The van der Waals surface area contributed by atoms with Gasteiger partial charge in [0.05, 0.1) is 15.5 Å². The molecule has 0 aliphatic carbocycles. The summed E-state index contributed by atoms with van der Waals surface area (Å²) >= 11 is 1.16. The van der Waals surface area contributed by atoms with Gasteiger partial charge in [0.25, 0.3) is 0 Å². The van der Waals surface area contributed by atoms with E-state index in [0.717, 1.165) is 33.3 Å². The summed E-state index contributed by atoms with van der Waals surface area (Å²) in [7, 11) is -3.59. The summed E-state index contributed by atoms with van der Waals surface area (Å²) < 4.78 is 25.7. The second-order valence-corrected chi connectivity index (χ2v) is 8.32. The van der Waals surface area contributed by atoms with Gasteiger partial charge < -0.3 is 5.11 Å². The van der Waals surface area contributed by atoms with Crippen LogP contribution in [0.25, 0.3) is 0 Å². The highest BCUT2D eigenvalue weighted by atomic mass is 32.2. The van der Waals surface area contributed by atoms with E-state index in [9.17, 15) is 13.2 Å². The first kappa shape index (κ1) is 17.6. The lowest BCUT2D eigenvalue weighted by Crippen LogP contribution is -2.07. The molecule has 2 aromatic carbocycles. The Balaban J connectivity index is 2.39. The molecule has 0 radical (unpaired) electrons. The summed E-state index contributed by atoms with van der Waals surface area (Å²) in [5.74, 6) is -0.958. The monoisotopic (exact) mass is 350 g/mol. The Morgan fingerprint density at radius 3 is 2.04 bits per heavy atom. The Morgan fingerprint density at radius 1 is 1.04 bits per heavy atom. The van der Waals surface area contributed by atoms with Crippen molar-refractivity contribution in [2.45, 2.75) is 35.5 Å². The topological polar surface area (TPSA) is 71.4 Å². The lowest BCUT2D eigenvalue weighted by Gasteiger charge is -2.12. The molecule has 1 N–H and O–H groups in total. The van der Waals surface area contributed by atoms with Crippen LogP contribution >= 0.6 is 11.8 Å². The summed E-state index contributed by atoms with van der Waals surface area (Å²) in [5, 5.41) is 8.67. The number of aliphatic carboxylic acids is 1. The van der Waals surface area contributed by atoms with Crippen LogP contribution in [-0.4, -0.2) is 25.2 Å². The molecular formula is C17H18O4S2. The molecule has 0 heterocycles. The second-order valence-electron chi connectivity index (χ2n) is 5.39. The van der Waals surface area contributed by atoms with E-state index in [0.29, 0.717) is 4.90 Å². The van der Waals surface area contributed by atoms with Gasteiger partial charge in [-0.25, -0.2) is 8.42 Å². The Kier molecular flexibility index (Phi) is 5.16. The fourth-order valence-electron chi connectivity index (χ4n) is 2.57. The molecule has 2 rings (SSSR count). The molecule has 0 saturated carbocycles. The molecule has 0 spiro atoms. The van der Waals surface area contributed by atoms with E-state index in [1.165, 1.54) is 12.1 Å². The molecule has 23 heavy (non-hydrogen) atoms. The largest absolute Gasteiger partial charge is 0.481 e. The van der Waals surface area contributed by atoms with E-state index in [-0.39, 0.29) is 10.6 Å². The van der Waals surface area contributed by atoms with Crippen LogP contribution in [-0.2, 0) is 14.6 Å². The smallest absolute Gasteiger partial charge is 0.313 e. The molecule has 0 atom stereocenters. The van der Waals surface area contributed by atoms with Crippen molar-refractivity contribution in [3.05, 3.63) is 53.1 Å². The maximum atomic E-state index is 12.9. The van der Waals surface area contributed by atoms with Gasteiger partial charge in [-0.15, -0.1) is 11.8 Å². The van der Waals surface area contributed by atoms with Gasteiger partial charge in [0.15, 0.2) is 0 Å². The van der Waals surface area contributed by atoms with Crippen LogP contribution < -0.4 is 0 Å². The molecule has 0 unspecified atom stereocenters. The predicted octanol–water partition coefficient (Wildman–Crippen LogP) is 3.62. The first-order chi connectivity index (χ1) is 10.7. The molecule has 2 aromatic rings. The third-order valence-corrected chi connectivity index (χ3v) is 6.44. The third-order valence-electron chi connectivity index (χ3n) is 3.37. The summed E-state index contributed by atoms with van der Waals surface area (Å²) in [6, 6.07) is 10.0. The molecule has 0 aliphatic heterocycles. The van der Waals surface area contributed by atoms with Crippen LogP contribution in [0.2, 0.25) is 0 Å². The van der Waals surface area contributed by atoms with Crippen LogP contribution in [0.15, 0.2) is 51.1 Å². The van der Waals surface area contributed by atoms with Crippen molar-refractivity contribution < 1.29 is 18.3 Å². The van der Waals surface area contributed by atoms with Gasteiger partial charge >= 0.3 is 5.97 Å². The van der Waals surface area contributed by atoms with Gasteiger partial charge in [-0.05, 0) is 56.2 Å². The molecule has 122 valence electrons. The third kappa shape index (κ3) is 3.95. The number of rotatable bonds is 5. The number of hydrogen-bond acceptors (Lipinski definition) is 4. The van der Waals surface area contributed by atoms with Gasteiger partial charge in [-0.3, -0.25) is 4.79 Å². The van der Waals surface area contributed by atoms with Crippen LogP contribution in [0.4, 0.5) is 0 Å². The van der Waals surface area contributed by atoms with Crippen molar-refractivity contribution in [1.82, 2.24) is 0 Å². The summed E-state index contributed by atoms with van der Waals surface area (Å²) in [6.07, 6.45) is 0. The van der Waals surface area contributed by atoms with Gasteiger partial charge in [0, 0.05) is 4.90 Å². The molecule has 6 heteroatoms. The number of thioether (sulfide) groups is 1. The molecule has 4 nitrogen and oxygen atoms in total. The van der Waals surface area contributed by atoms with Crippen molar-refractivity contribution in [3.8, 4) is 0 Å². The predicted molar refractivity (Wildman–Crippen MR) is 90.9 cm³/mol. The zero-order valence-electron chi connectivity index (χ0n) is 13.2. The second kappa shape index (κ2) is 6.76. The summed E-state index contributed by atoms with van der Waals surface area (Å²) in [4.78, 5) is 11.9. The SMILES string of the molecule is Cc1cc(C)c(S(=O)(=O)c2ccc(SCC(=O)O)cc2)c(C)c1. The first-order valence-corrected chi connectivity index (χ1v) is 9.46. The van der Waals surface area contributed by atoms with Crippen LogP contribution in [0, 0.1) is 20.8 Å². The number of carbonyl (C=O) groups is 1. The van der Waals surface area contributed by atoms with Gasteiger partial charge in [-0.1, -0.05) is 17.7 Å². The van der Waals surface area contributed by atoms with E-state index < -0.39 is 15.8 Å². The van der Waals surface area contributed by atoms with Crippen molar-refractivity contribution in [2.24, 2.45) is 0 Å². The zero-order chi connectivity index (χ0) is 17.2. The number of carboxylic acids is 1. The number of aryl methyl sites for hydroxylation is 3. The summed E-state index contributed by atoms with van der Waals surface area (Å²) in [6.45, 7) is 5.53. The van der Waals surface area contributed by atoms with Crippen molar-refractivity contribution >= 4 is 27.6 Å². The van der Waals surface area contributed by atoms with Crippen molar-refractivity contribution in [1.29, 1.82) is 0 Å². The van der Waals surface area contributed by atoms with Gasteiger partial charge in [-0.2, -0.15) is 0 Å². The standard InChI is InChI=1S/C17H18O4S2/c1-11-8-12(2)17(13(3)9-11)23(20,21)15-6-4-14(5-7-15)22-10-16(18)19/h4-9H,10H2,1-3H3,(H,18,19). The number of carboxylic acid groups (broad SMARTS) is 1. The van der Waals surface area contributed by atoms with Gasteiger partial charge in [0.2, 0.25) is 9.84 Å². The average Bonchev–Trinajstić information content (AvgIpc) is 2.44. The Morgan fingerprint density at radius 2 is 1.57 bits per heavy atom. The summed E-state index contributed by atoms with van der Waals surface area (Å²) in [5.41, 5.74) is 2.48. The zero-order valence-corrected chi connectivity index (χ0v) is 14.8. The first-order valence-electron chi connectivity index (χ1n) is 6.99. The van der Waals surface area contributed by atoms with Crippen LogP contribution in [0.1, 0.15) is 16.7 Å². The van der Waals surface area contributed by atoms with Gasteiger partial charge in [0.1, 0.15) is 0 Å². The van der Waals surface area contributed by atoms with E-state index >= 15 is 0 Å². The van der Waals surface area contributed by atoms with E-state index in [2.05, 4.69) is 0 Å². The van der Waals surface area contributed by atoms with E-state index in [1.807, 2.05) is 19.1 Å². The fourth-order valence-corrected chi connectivity index (χ4v) is 4.88. The minimum Gasteiger partial charge on any atom is -0.481 e. The number of benzene rings is 2. The average molecular weight is 350 g/mol. The number of sulfone groups is 1. The minimum atomic E-state index is -3.59. The quantitative estimate of drug-likeness (QED) is 0.834. The maximum Gasteiger partial charge on any atom is 0.313 e. The normalized spacial score (nSPS) is 11.4. The minimum absolute atomic E-state index is 0.0533. The highest BCUT2D eigenvalue weighted by molar-refractivity contribution is 8.00. The van der Waals surface area contributed by atoms with Crippen LogP contribution in [0.3, 0.4) is 0 Å². The van der Waals surface area contributed by atoms with Crippen molar-refractivity contribution in [2.75, 3.05) is 5.75 Å². The molecular weight excluding hydrogens is 332 g/mol. The fraction of sp³-hybridized carbons (Fsp3) is 0.235. The van der Waals surface area contributed by atoms with E-state index in [1.54, 1.807) is 26.0 Å². The Bertz CT molecular complexity index is 814. The maximum absolute atomic E-state index is 12.9. The lowest BCUT2D eigenvalue weighted by molar-refractivity contribution is -0.133. The van der Waals surface area contributed by atoms with Crippen molar-refractivity contribution in [3.63, 3.8) is 0 Å². The highest BCUT2D eigenvalue weighted by Crippen LogP contribution is 2.29. The van der Waals surface area contributed by atoms with E-state index in [4.69, 9.17) is 5.11 Å². The van der Waals surface area contributed by atoms with Crippen LogP contribution in [0.5, 0.6) is 0 Å². The Labute approximate surface area is 140 Å². The molecule has 0 aromatic heterocycles. The number of hydrogen-bond donors (Lipinski definition) is 1. The molecule has 0 bridgehead atoms. The highest BCUT2D eigenvalue weighted by Gasteiger charge is 2.22. The molecule has 0 fully saturated rings. The lowest BCUT2D eigenvalue weighted by atomic mass is 10.1. The molecule has 0 amide bonds.